The summed E-state index contributed by atoms with van der Waals surface area (Å²) >= 11 is 0. The van der Waals surface area contributed by atoms with E-state index in [9.17, 15) is 0 Å². The smallest absolute Gasteiger partial charge is 0.0220 e. The Morgan fingerprint density at radius 3 is 2.21 bits per heavy atom. The molecule has 1 aromatic carbocycles. The highest BCUT2D eigenvalue weighted by molar-refractivity contribution is 5.14. The van der Waals surface area contributed by atoms with Gasteiger partial charge in [0.2, 0.25) is 0 Å². The van der Waals surface area contributed by atoms with Crippen LogP contribution in [0.3, 0.4) is 0 Å². The highest BCUT2D eigenvalue weighted by Crippen LogP contribution is 2.08. The van der Waals surface area contributed by atoms with Crippen molar-refractivity contribution in [2.45, 2.75) is 45.7 Å². The number of nitrogens with one attached hydrogen (secondary N) is 1. The standard InChI is InChI=1S/C17H30N2/c1-14(2)17(13-19(4)5)18-15(3)11-12-16-9-7-6-8-10-16/h6-10,14-15,17-18H,11-13H2,1-5H3. The van der Waals surface area contributed by atoms with Gasteiger partial charge in [-0.3, -0.25) is 0 Å². The topological polar surface area (TPSA) is 15.3 Å². The molecule has 0 amide bonds. The van der Waals surface area contributed by atoms with Gasteiger partial charge in [-0.2, -0.15) is 0 Å². The van der Waals surface area contributed by atoms with Crippen LogP contribution in [0.4, 0.5) is 0 Å². The van der Waals surface area contributed by atoms with Crippen LogP contribution in [0, 0.1) is 5.92 Å². The number of nitrogens with zero attached hydrogens (tertiary/aromatic N) is 1. The Morgan fingerprint density at radius 2 is 1.68 bits per heavy atom. The lowest BCUT2D eigenvalue weighted by Gasteiger charge is -2.29. The number of likely N-dealkylation sites (N-methyl/N-ethyl adjacent to an activating group) is 1. The zero-order valence-corrected chi connectivity index (χ0v) is 13.2. The van der Waals surface area contributed by atoms with Crippen LogP contribution >= 0.6 is 0 Å². The molecule has 2 nitrogen and oxygen atoms in total. The van der Waals surface area contributed by atoms with Crippen LogP contribution in [-0.2, 0) is 6.42 Å². The lowest BCUT2D eigenvalue weighted by atomic mass is 10.0. The Hall–Kier alpha value is -0.860. The molecular formula is C17H30N2. The average molecular weight is 262 g/mol. The maximum Gasteiger partial charge on any atom is 0.0220 e. The minimum absolute atomic E-state index is 0.563. The van der Waals surface area contributed by atoms with Crippen molar-refractivity contribution in [3.63, 3.8) is 0 Å². The van der Waals surface area contributed by atoms with E-state index in [0.29, 0.717) is 18.0 Å². The van der Waals surface area contributed by atoms with Gasteiger partial charge in [-0.25, -0.2) is 0 Å². The second kappa shape index (κ2) is 8.34. The molecule has 0 aliphatic heterocycles. The van der Waals surface area contributed by atoms with Crippen molar-refractivity contribution in [1.29, 1.82) is 0 Å². The third kappa shape index (κ3) is 6.74. The van der Waals surface area contributed by atoms with E-state index < -0.39 is 0 Å². The summed E-state index contributed by atoms with van der Waals surface area (Å²) in [7, 11) is 4.29. The molecule has 108 valence electrons. The lowest BCUT2D eigenvalue weighted by Crippen LogP contribution is -2.46. The number of hydrogen-bond acceptors (Lipinski definition) is 2. The summed E-state index contributed by atoms with van der Waals surface area (Å²) in [5, 5.41) is 3.78. The minimum atomic E-state index is 0.563. The Kier molecular flexibility index (Phi) is 7.11. The second-order valence-electron chi connectivity index (χ2n) is 6.20. The van der Waals surface area contributed by atoms with Crippen molar-refractivity contribution in [3.8, 4) is 0 Å². The van der Waals surface area contributed by atoms with Gasteiger partial charge in [0.25, 0.3) is 0 Å². The normalized spacial score (nSPS) is 14.9. The highest BCUT2D eigenvalue weighted by Gasteiger charge is 2.16. The van der Waals surface area contributed by atoms with Gasteiger partial charge < -0.3 is 10.2 Å². The molecule has 0 saturated heterocycles. The van der Waals surface area contributed by atoms with Gasteiger partial charge in [0.1, 0.15) is 0 Å². The molecule has 0 spiro atoms. The van der Waals surface area contributed by atoms with Crippen LogP contribution in [0.2, 0.25) is 0 Å². The van der Waals surface area contributed by atoms with E-state index in [4.69, 9.17) is 0 Å². The summed E-state index contributed by atoms with van der Waals surface area (Å²) < 4.78 is 0. The van der Waals surface area contributed by atoms with Gasteiger partial charge in [-0.1, -0.05) is 44.2 Å². The van der Waals surface area contributed by atoms with Crippen molar-refractivity contribution >= 4 is 0 Å². The van der Waals surface area contributed by atoms with Gasteiger partial charge in [-0.15, -0.1) is 0 Å². The van der Waals surface area contributed by atoms with E-state index >= 15 is 0 Å². The molecule has 0 fully saturated rings. The molecule has 0 bridgehead atoms. The summed E-state index contributed by atoms with van der Waals surface area (Å²) in [6.45, 7) is 8.00. The van der Waals surface area contributed by atoms with Crippen LogP contribution in [0.1, 0.15) is 32.8 Å². The fourth-order valence-electron chi connectivity index (χ4n) is 2.33. The molecule has 0 heterocycles. The molecule has 2 atom stereocenters. The molecular weight excluding hydrogens is 232 g/mol. The first-order valence-electron chi connectivity index (χ1n) is 7.43. The molecule has 1 aromatic rings. The first kappa shape index (κ1) is 16.2. The molecule has 1 N–H and O–H groups in total. The predicted molar refractivity (Wildman–Crippen MR) is 84.5 cm³/mol. The van der Waals surface area contributed by atoms with Gasteiger partial charge in [0.05, 0.1) is 0 Å². The van der Waals surface area contributed by atoms with Gasteiger partial charge in [-0.05, 0) is 45.3 Å². The molecule has 0 saturated carbocycles. The van der Waals surface area contributed by atoms with Gasteiger partial charge >= 0.3 is 0 Å². The fourth-order valence-corrected chi connectivity index (χ4v) is 2.33. The number of aryl methyl sites for hydroxylation is 1. The third-order valence-electron chi connectivity index (χ3n) is 3.57. The average Bonchev–Trinajstić information content (AvgIpc) is 2.36. The van der Waals surface area contributed by atoms with E-state index in [1.807, 2.05) is 0 Å². The van der Waals surface area contributed by atoms with E-state index in [1.165, 1.54) is 12.0 Å². The number of hydrogen-bond donors (Lipinski definition) is 1. The largest absolute Gasteiger partial charge is 0.310 e. The molecule has 2 heteroatoms. The Morgan fingerprint density at radius 1 is 1.05 bits per heavy atom. The summed E-state index contributed by atoms with van der Waals surface area (Å²) in [4.78, 5) is 2.27. The van der Waals surface area contributed by atoms with Crippen LogP contribution < -0.4 is 5.32 Å². The van der Waals surface area contributed by atoms with Crippen LogP contribution in [0.5, 0.6) is 0 Å². The van der Waals surface area contributed by atoms with Crippen molar-refractivity contribution in [3.05, 3.63) is 35.9 Å². The molecule has 2 unspecified atom stereocenters. The predicted octanol–water partition coefficient (Wildman–Crippen LogP) is 3.18. The van der Waals surface area contributed by atoms with Crippen molar-refractivity contribution in [1.82, 2.24) is 10.2 Å². The number of benzene rings is 1. The van der Waals surface area contributed by atoms with Crippen LogP contribution in [0.25, 0.3) is 0 Å². The third-order valence-corrected chi connectivity index (χ3v) is 3.57. The summed E-state index contributed by atoms with van der Waals surface area (Å²) in [5.41, 5.74) is 1.44. The van der Waals surface area contributed by atoms with E-state index in [-0.39, 0.29) is 0 Å². The van der Waals surface area contributed by atoms with Crippen LogP contribution in [0.15, 0.2) is 30.3 Å². The minimum Gasteiger partial charge on any atom is -0.310 e. The molecule has 19 heavy (non-hydrogen) atoms. The monoisotopic (exact) mass is 262 g/mol. The Balaban J connectivity index is 2.38. The molecule has 0 radical (unpaired) electrons. The summed E-state index contributed by atoms with van der Waals surface area (Å²) in [5.74, 6) is 0.668. The lowest BCUT2D eigenvalue weighted by molar-refractivity contribution is 0.269. The number of rotatable bonds is 8. The highest BCUT2D eigenvalue weighted by atomic mass is 15.1. The second-order valence-corrected chi connectivity index (χ2v) is 6.20. The van der Waals surface area contributed by atoms with Crippen LogP contribution in [-0.4, -0.2) is 37.6 Å². The Bertz CT molecular complexity index is 332. The van der Waals surface area contributed by atoms with E-state index in [2.05, 4.69) is 75.4 Å². The van der Waals surface area contributed by atoms with Crippen molar-refractivity contribution < 1.29 is 0 Å². The molecule has 0 aliphatic carbocycles. The van der Waals surface area contributed by atoms with Gasteiger partial charge in [0, 0.05) is 18.6 Å². The first-order chi connectivity index (χ1) is 8.99. The SMILES string of the molecule is CC(CCc1ccccc1)NC(CN(C)C)C(C)C. The van der Waals surface area contributed by atoms with Crippen molar-refractivity contribution in [2.24, 2.45) is 5.92 Å². The first-order valence-corrected chi connectivity index (χ1v) is 7.43. The van der Waals surface area contributed by atoms with Crippen molar-refractivity contribution in [2.75, 3.05) is 20.6 Å². The maximum atomic E-state index is 3.78. The maximum absolute atomic E-state index is 3.78. The van der Waals surface area contributed by atoms with E-state index in [0.717, 1.165) is 13.0 Å². The van der Waals surface area contributed by atoms with E-state index in [1.54, 1.807) is 0 Å². The quantitative estimate of drug-likeness (QED) is 0.774. The molecule has 1 rings (SSSR count). The Labute approximate surface area is 119 Å². The summed E-state index contributed by atoms with van der Waals surface area (Å²) in [6.07, 6.45) is 2.35. The van der Waals surface area contributed by atoms with Gasteiger partial charge in [0.15, 0.2) is 0 Å². The summed E-state index contributed by atoms with van der Waals surface area (Å²) in [6, 6.07) is 11.9. The molecule has 0 aliphatic rings. The zero-order chi connectivity index (χ0) is 14.3. The molecule has 0 aromatic heterocycles. The fraction of sp³-hybridized carbons (Fsp3) is 0.647. The zero-order valence-electron chi connectivity index (χ0n) is 13.2.